The molecule has 1 heterocycles. The molecular weight excluding hydrogens is 254 g/mol. The Kier molecular flexibility index (Phi) is 6.09. The van der Waals surface area contributed by atoms with Gasteiger partial charge in [-0.1, -0.05) is 39.4 Å². The molecule has 0 spiro atoms. The fourth-order valence-electron chi connectivity index (χ4n) is 3.05. The van der Waals surface area contributed by atoms with Crippen molar-refractivity contribution in [1.29, 1.82) is 0 Å². The zero-order valence-corrected chi connectivity index (χ0v) is 15.4. The number of piperidine rings is 1. The Balaban J connectivity index is 2.53. The number of hydrogen-bond acceptors (Lipinski definition) is 2. The van der Waals surface area contributed by atoms with Crippen LogP contribution in [-0.4, -0.2) is 40.3 Å². The minimum atomic E-state index is -1.39. The summed E-state index contributed by atoms with van der Waals surface area (Å²) in [5, 5.41) is 0. The van der Waals surface area contributed by atoms with Crippen LogP contribution in [0.15, 0.2) is 0 Å². The van der Waals surface area contributed by atoms with Gasteiger partial charge in [-0.15, -0.1) is 0 Å². The number of hydrogen-bond donors (Lipinski definition) is 0. The fourth-order valence-corrected chi connectivity index (χ4v) is 7.17. The van der Waals surface area contributed by atoms with E-state index < -0.39 is 16.6 Å². The van der Waals surface area contributed by atoms with Crippen molar-refractivity contribution >= 4 is 16.6 Å². The van der Waals surface area contributed by atoms with Crippen LogP contribution in [-0.2, 0) is 4.43 Å². The third-order valence-electron chi connectivity index (χ3n) is 4.01. The molecular formula is C14H33NOSi2. The van der Waals surface area contributed by atoms with E-state index in [2.05, 4.69) is 44.2 Å². The summed E-state index contributed by atoms with van der Waals surface area (Å²) in [6, 6.07) is 2.00. The van der Waals surface area contributed by atoms with E-state index in [9.17, 15) is 0 Å². The van der Waals surface area contributed by atoms with Crippen LogP contribution in [0.3, 0.4) is 0 Å². The maximum absolute atomic E-state index is 6.35. The predicted octanol–water partition coefficient (Wildman–Crippen LogP) is 4.31. The molecule has 1 unspecified atom stereocenters. The minimum Gasteiger partial charge on any atom is -0.416 e. The smallest absolute Gasteiger partial charge is 0.186 e. The Bertz CT molecular complexity index is 251. The van der Waals surface area contributed by atoms with E-state index in [1.165, 1.54) is 38.3 Å². The molecule has 0 bridgehead atoms. The van der Waals surface area contributed by atoms with Gasteiger partial charge in [-0.2, -0.15) is 0 Å². The minimum absolute atomic E-state index is 0.703. The molecule has 0 saturated carbocycles. The van der Waals surface area contributed by atoms with Crippen LogP contribution in [0.2, 0.25) is 38.8 Å². The van der Waals surface area contributed by atoms with Gasteiger partial charge in [0.05, 0.1) is 0 Å². The molecule has 4 heteroatoms. The van der Waals surface area contributed by atoms with Crippen molar-refractivity contribution in [1.82, 2.24) is 4.57 Å². The summed E-state index contributed by atoms with van der Waals surface area (Å²) >= 11 is 0. The van der Waals surface area contributed by atoms with Gasteiger partial charge in [0.2, 0.25) is 0 Å². The topological polar surface area (TPSA) is 12.5 Å². The Morgan fingerprint density at radius 3 is 2.33 bits per heavy atom. The van der Waals surface area contributed by atoms with Crippen LogP contribution in [0.5, 0.6) is 0 Å². The van der Waals surface area contributed by atoms with Gasteiger partial charge in [0, 0.05) is 12.6 Å². The molecule has 0 N–H and O–H groups in total. The summed E-state index contributed by atoms with van der Waals surface area (Å²) in [6.07, 6.45) is 5.39. The average Bonchev–Trinajstić information content (AvgIpc) is 2.26. The van der Waals surface area contributed by atoms with Crippen molar-refractivity contribution in [3.63, 3.8) is 0 Å². The summed E-state index contributed by atoms with van der Waals surface area (Å²) < 4.78 is 9.15. The molecule has 0 aliphatic carbocycles. The highest BCUT2D eigenvalue weighted by atomic mass is 28.4. The normalized spacial score (nSPS) is 23.3. The van der Waals surface area contributed by atoms with E-state index in [1.54, 1.807) is 0 Å². The monoisotopic (exact) mass is 287 g/mol. The van der Waals surface area contributed by atoms with Gasteiger partial charge < -0.3 is 8.99 Å². The average molecular weight is 288 g/mol. The summed E-state index contributed by atoms with van der Waals surface area (Å²) in [7, 11) is -2.55. The van der Waals surface area contributed by atoms with E-state index in [0.29, 0.717) is 6.04 Å². The lowest BCUT2D eigenvalue weighted by molar-refractivity contribution is 0.157. The van der Waals surface area contributed by atoms with Crippen LogP contribution in [0.25, 0.3) is 0 Å². The fraction of sp³-hybridized carbons (Fsp3) is 1.00. The largest absolute Gasteiger partial charge is 0.416 e. The van der Waals surface area contributed by atoms with Crippen molar-refractivity contribution in [2.45, 2.75) is 77.4 Å². The summed E-state index contributed by atoms with van der Waals surface area (Å²) in [5.41, 5.74) is 0. The van der Waals surface area contributed by atoms with Gasteiger partial charge in [-0.3, -0.25) is 0 Å². The molecule has 108 valence electrons. The van der Waals surface area contributed by atoms with E-state index in [0.717, 1.165) is 6.61 Å². The van der Waals surface area contributed by atoms with Crippen LogP contribution in [0, 0.1) is 0 Å². The van der Waals surface area contributed by atoms with E-state index in [4.69, 9.17) is 4.43 Å². The first-order valence-electron chi connectivity index (χ1n) is 7.67. The first-order chi connectivity index (χ1) is 8.26. The molecule has 0 aromatic rings. The van der Waals surface area contributed by atoms with Crippen LogP contribution < -0.4 is 0 Å². The highest BCUT2D eigenvalue weighted by molar-refractivity contribution is 6.73. The number of nitrogens with zero attached hydrogens (tertiary/aromatic N) is 1. The van der Waals surface area contributed by atoms with Gasteiger partial charge in [0.15, 0.2) is 8.32 Å². The van der Waals surface area contributed by atoms with Crippen LogP contribution in [0.4, 0.5) is 0 Å². The molecule has 0 amide bonds. The molecule has 2 nitrogen and oxygen atoms in total. The summed E-state index contributed by atoms with van der Waals surface area (Å²) in [6.45, 7) is 16.7. The zero-order valence-electron chi connectivity index (χ0n) is 13.4. The molecule has 0 radical (unpaired) electrons. The molecule has 1 aliphatic heterocycles. The van der Waals surface area contributed by atoms with E-state index in [1.807, 2.05) is 0 Å². The lowest BCUT2D eigenvalue weighted by Crippen LogP contribution is -2.56. The SMILES string of the molecule is CCC[Si](C)(C)OCC1CCCCN1[Si](C)(C)C. The van der Waals surface area contributed by atoms with Crippen molar-refractivity contribution in [3.8, 4) is 0 Å². The number of rotatable bonds is 6. The summed E-state index contributed by atoms with van der Waals surface area (Å²) in [5.74, 6) is 0. The molecule has 1 atom stereocenters. The van der Waals surface area contributed by atoms with Crippen molar-refractivity contribution in [2.75, 3.05) is 13.2 Å². The Morgan fingerprint density at radius 1 is 1.11 bits per heavy atom. The predicted molar refractivity (Wildman–Crippen MR) is 86.2 cm³/mol. The maximum Gasteiger partial charge on any atom is 0.186 e. The molecule has 1 fully saturated rings. The highest BCUT2D eigenvalue weighted by Gasteiger charge is 2.33. The second kappa shape index (κ2) is 6.68. The molecule has 0 aromatic carbocycles. The van der Waals surface area contributed by atoms with Gasteiger partial charge >= 0.3 is 0 Å². The van der Waals surface area contributed by atoms with Crippen molar-refractivity contribution in [2.24, 2.45) is 0 Å². The lowest BCUT2D eigenvalue weighted by Gasteiger charge is -2.44. The summed E-state index contributed by atoms with van der Waals surface area (Å²) in [4.78, 5) is 0. The highest BCUT2D eigenvalue weighted by Crippen LogP contribution is 2.25. The Hall–Kier alpha value is 0.354. The van der Waals surface area contributed by atoms with Gasteiger partial charge in [0.1, 0.15) is 8.24 Å². The third kappa shape index (κ3) is 5.15. The van der Waals surface area contributed by atoms with E-state index >= 15 is 0 Å². The molecule has 0 aromatic heterocycles. The van der Waals surface area contributed by atoms with Gasteiger partial charge in [0.25, 0.3) is 0 Å². The second-order valence-electron chi connectivity index (χ2n) is 7.33. The third-order valence-corrected chi connectivity index (χ3v) is 8.97. The van der Waals surface area contributed by atoms with Crippen LogP contribution >= 0.6 is 0 Å². The van der Waals surface area contributed by atoms with Crippen LogP contribution in [0.1, 0.15) is 32.6 Å². The van der Waals surface area contributed by atoms with Gasteiger partial charge in [-0.05, 0) is 38.5 Å². The molecule has 1 aliphatic rings. The Labute approximate surface area is 116 Å². The quantitative estimate of drug-likeness (QED) is 0.675. The standard InChI is InChI=1S/C14H33NOSi2/c1-7-12-18(5,6)16-13-14-10-8-9-11-15(14)17(2,3)4/h14H,7-13H2,1-6H3. The zero-order chi connectivity index (χ0) is 13.8. The molecule has 1 saturated heterocycles. The first kappa shape index (κ1) is 16.4. The Morgan fingerprint density at radius 2 is 1.78 bits per heavy atom. The molecule has 1 rings (SSSR count). The lowest BCUT2D eigenvalue weighted by atomic mass is 10.1. The maximum atomic E-state index is 6.35. The first-order valence-corrected chi connectivity index (χ1v) is 14.2. The van der Waals surface area contributed by atoms with E-state index in [-0.39, 0.29) is 0 Å². The van der Waals surface area contributed by atoms with Crippen molar-refractivity contribution in [3.05, 3.63) is 0 Å². The molecule has 18 heavy (non-hydrogen) atoms. The van der Waals surface area contributed by atoms with Crippen molar-refractivity contribution < 1.29 is 4.43 Å². The van der Waals surface area contributed by atoms with Gasteiger partial charge in [-0.25, -0.2) is 0 Å². The second-order valence-corrected chi connectivity index (χ2v) is 16.6.